The molecule has 0 saturated heterocycles. The highest BCUT2D eigenvalue weighted by molar-refractivity contribution is 7.99. The van der Waals surface area contributed by atoms with Gasteiger partial charge in [-0.05, 0) is 71.3 Å². The van der Waals surface area contributed by atoms with Crippen LogP contribution in [0.1, 0.15) is 194 Å². The summed E-state index contributed by atoms with van der Waals surface area (Å²) in [5.74, 6) is 0.580. The first-order chi connectivity index (χ1) is 27.4. The van der Waals surface area contributed by atoms with E-state index in [0.717, 1.165) is 63.7 Å². The predicted molar refractivity (Wildman–Crippen MR) is 239 cm³/mol. The van der Waals surface area contributed by atoms with Crippen LogP contribution in [-0.2, 0) is 23.9 Å². The minimum Gasteiger partial charge on any atom is -0.464 e. The number of hydrogen-bond acceptors (Lipinski definition) is 8. The van der Waals surface area contributed by atoms with Gasteiger partial charge in [0.25, 0.3) is 0 Å². The van der Waals surface area contributed by atoms with Crippen LogP contribution in [-0.4, -0.2) is 97.3 Å². The van der Waals surface area contributed by atoms with Gasteiger partial charge in [0, 0.05) is 31.7 Å². The van der Waals surface area contributed by atoms with E-state index in [1.807, 2.05) is 11.9 Å². The highest BCUT2D eigenvalue weighted by atomic mass is 32.2. The Morgan fingerprint density at radius 2 is 0.893 bits per heavy atom. The summed E-state index contributed by atoms with van der Waals surface area (Å²) in [5.41, 5.74) is 0. The lowest BCUT2D eigenvalue weighted by atomic mass is 10.1. The molecule has 1 N–H and O–H groups in total. The number of allylic oxidation sites excluding steroid dienone is 4. The van der Waals surface area contributed by atoms with Crippen LogP contribution in [0.3, 0.4) is 0 Å². The molecule has 0 aliphatic heterocycles. The van der Waals surface area contributed by atoms with Crippen molar-refractivity contribution in [3.63, 3.8) is 0 Å². The number of carbonyl (C=O) groups excluding carboxylic acids is 3. The molecule has 0 aromatic heterocycles. The summed E-state index contributed by atoms with van der Waals surface area (Å²) in [4.78, 5) is 41.6. The summed E-state index contributed by atoms with van der Waals surface area (Å²) in [6, 6.07) is 0. The standard InChI is InChI=1S/C47H88N2O6S/c1-4-6-8-10-12-14-16-18-20-22-24-26-28-30-32-34-46(52)54-41-37-49(45(51)44-56-43-39-48(3)36-40-50)38-42-55-47(53)35-33-31-29-27-25-23-21-19-17-15-13-11-9-7-5-2/h18-21,50H,4-17,22-44H2,1-3H3/b20-18-,21-19-. The third kappa shape index (κ3) is 40.4. The van der Waals surface area contributed by atoms with Crippen molar-refractivity contribution in [3.8, 4) is 0 Å². The molecule has 0 aromatic carbocycles. The third-order valence-electron chi connectivity index (χ3n) is 10.2. The average molecular weight is 809 g/mol. The Labute approximate surface area is 349 Å². The number of carbonyl (C=O) groups is 3. The molecule has 9 heteroatoms. The van der Waals surface area contributed by atoms with Crippen LogP contribution in [0.25, 0.3) is 0 Å². The first-order valence-electron chi connectivity index (χ1n) is 23.2. The zero-order chi connectivity index (χ0) is 41.0. The van der Waals surface area contributed by atoms with Crippen LogP contribution in [0.5, 0.6) is 0 Å². The molecule has 0 spiro atoms. The molecule has 0 heterocycles. The van der Waals surface area contributed by atoms with Gasteiger partial charge in [-0.2, -0.15) is 11.8 Å². The van der Waals surface area contributed by atoms with E-state index in [1.54, 1.807) is 16.7 Å². The lowest BCUT2D eigenvalue weighted by Crippen LogP contribution is -2.38. The number of likely N-dealkylation sites (N-methyl/N-ethyl adjacent to an activating group) is 1. The van der Waals surface area contributed by atoms with E-state index in [1.165, 1.54) is 116 Å². The van der Waals surface area contributed by atoms with Gasteiger partial charge in [0.05, 0.1) is 25.4 Å². The molecule has 328 valence electrons. The Morgan fingerprint density at radius 3 is 1.29 bits per heavy atom. The summed E-state index contributed by atoms with van der Waals surface area (Å²) < 4.78 is 11.0. The van der Waals surface area contributed by atoms with Crippen molar-refractivity contribution in [2.24, 2.45) is 0 Å². The number of aliphatic hydroxyl groups is 1. The van der Waals surface area contributed by atoms with E-state index in [-0.39, 0.29) is 50.8 Å². The van der Waals surface area contributed by atoms with Gasteiger partial charge in [0.15, 0.2) is 0 Å². The minimum atomic E-state index is -0.220. The normalized spacial score (nSPS) is 11.7. The Kier molecular flexibility index (Phi) is 42.8. The van der Waals surface area contributed by atoms with Crippen molar-refractivity contribution in [2.45, 2.75) is 194 Å². The van der Waals surface area contributed by atoms with Gasteiger partial charge in [0.2, 0.25) is 5.91 Å². The summed E-state index contributed by atoms with van der Waals surface area (Å²) in [5, 5.41) is 9.11. The number of esters is 2. The number of hydrogen-bond donors (Lipinski definition) is 1. The molecule has 0 unspecified atom stereocenters. The van der Waals surface area contributed by atoms with Crippen LogP contribution in [0.15, 0.2) is 24.3 Å². The molecule has 0 saturated carbocycles. The molecule has 8 nitrogen and oxygen atoms in total. The van der Waals surface area contributed by atoms with Crippen molar-refractivity contribution in [1.29, 1.82) is 0 Å². The van der Waals surface area contributed by atoms with E-state index in [0.29, 0.717) is 25.1 Å². The van der Waals surface area contributed by atoms with Gasteiger partial charge in [-0.15, -0.1) is 0 Å². The Balaban J connectivity index is 4.22. The monoisotopic (exact) mass is 809 g/mol. The fourth-order valence-corrected chi connectivity index (χ4v) is 7.42. The SMILES string of the molecule is CCCCCCCC/C=C\CCCCCCCC(=O)OCCN(CCOC(=O)CCCCCCC/C=C\CCCCCCCC)C(=O)CSCCN(C)CCO. The van der Waals surface area contributed by atoms with Gasteiger partial charge < -0.3 is 24.4 Å². The second-order valence-corrected chi connectivity index (χ2v) is 16.7. The van der Waals surface area contributed by atoms with Gasteiger partial charge in [-0.3, -0.25) is 14.4 Å². The van der Waals surface area contributed by atoms with E-state index < -0.39 is 0 Å². The number of nitrogens with zero attached hydrogens (tertiary/aromatic N) is 2. The topological polar surface area (TPSA) is 96.4 Å². The molecular weight excluding hydrogens is 721 g/mol. The minimum absolute atomic E-state index is 0.0542. The Hall–Kier alpha value is -1.84. The predicted octanol–water partition coefficient (Wildman–Crippen LogP) is 11.6. The highest BCUT2D eigenvalue weighted by Crippen LogP contribution is 2.13. The van der Waals surface area contributed by atoms with E-state index >= 15 is 0 Å². The lowest BCUT2D eigenvalue weighted by Gasteiger charge is -2.23. The molecule has 0 aliphatic carbocycles. The van der Waals surface area contributed by atoms with Crippen LogP contribution in [0.2, 0.25) is 0 Å². The number of amides is 1. The Morgan fingerprint density at radius 1 is 0.518 bits per heavy atom. The highest BCUT2D eigenvalue weighted by Gasteiger charge is 2.16. The zero-order valence-corrected chi connectivity index (χ0v) is 37.6. The number of rotatable bonds is 43. The van der Waals surface area contributed by atoms with E-state index in [2.05, 4.69) is 38.2 Å². The molecule has 0 fully saturated rings. The van der Waals surface area contributed by atoms with Crippen molar-refractivity contribution >= 4 is 29.6 Å². The summed E-state index contributed by atoms with van der Waals surface area (Å²) >= 11 is 1.54. The van der Waals surface area contributed by atoms with Gasteiger partial charge in [-0.25, -0.2) is 0 Å². The van der Waals surface area contributed by atoms with Gasteiger partial charge in [-0.1, -0.05) is 141 Å². The first kappa shape index (κ1) is 54.2. The lowest BCUT2D eigenvalue weighted by molar-refractivity contribution is -0.147. The fourth-order valence-electron chi connectivity index (χ4n) is 6.48. The summed E-state index contributed by atoms with van der Waals surface area (Å²) in [6.07, 6.45) is 41.7. The van der Waals surface area contributed by atoms with Crippen molar-refractivity contribution in [1.82, 2.24) is 9.80 Å². The second-order valence-electron chi connectivity index (χ2n) is 15.6. The maximum Gasteiger partial charge on any atom is 0.305 e. The molecule has 0 bridgehead atoms. The first-order valence-corrected chi connectivity index (χ1v) is 24.4. The average Bonchev–Trinajstić information content (AvgIpc) is 3.18. The molecule has 56 heavy (non-hydrogen) atoms. The quantitative estimate of drug-likeness (QED) is 0.0370. The molecule has 0 atom stereocenters. The van der Waals surface area contributed by atoms with Crippen LogP contribution in [0.4, 0.5) is 0 Å². The molecule has 0 rings (SSSR count). The van der Waals surface area contributed by atoms with Gasteiger partial charge >= 0.3 is 11.9 Å². The summed E-state index contributed by atoms with van der Waals surface area (Å²) in [6.45, 7) is 6.86. The second kappa shape index (κ2) is 44.3. The van der Waals surface area contributed by atoms with E-state index in [9.17, 15) is 14.4 Å². The van der Waals surface area contributed by atoms with Crippen molar-refractivity contribution in [2.75, 3.05) is 64.6 Å². The van der Waals surface area contributed by atoms with Crippen molar-refractivity contribution < 1.29 is 29.0 Å². The number of thioether (sulfide) groups is 1. The molecule has 0 radical (unpaired) electrons. The zero-order valence-electron chi connectivity index (χ0n) is 36.8. The van der Waals surface area contributed by atoms with Crippen LogP contribution >= 0.6 is 11.8 Å². The largest absolute Gasteiger partial charge is 0.464 e. The molecule has 0 aliphatic rings. The summed E-state index contributed by atoms with van der Waals surface area (Å²) in [7, 11) is 1.95. The fraction of sp³-hybridized carbons (Fsp3) is 0.851. The third-order valence-corrected chi connectivity index (χ3v) is 11.1. The number of ether oxygens (including phenoxy) is 2. The van der Waals surface area contributed by atoms with E-state index in [4.69, 9.17) is 14.6 Å². The molecule has 1 amide bonds. The van der Waals surface area contributed by atoms with Crippen molar-refractivity contribution in [3.05, 3.63) is 24.3 Å². The maximum atomic E-state index is 13.1. The number of unbranched alkanes of at least 4 members (excludes halogenated alkanes) is 22. The maximum absolute atomic E-state index is 13.1. The number of aliphatic hydroxyl groups excluding tert-OH is 1. The van der Waals surface area contributed by atoms with Crippen LogP contribution < -0.4 is 0 Å². The van der Waals surface area contributed by atoms with Crippen LogP contribution in [0, 0.1) is 0 Å². The molecular formula is C47H88N2O6S. The smallest absolute Gasteiger partial charge is 0.305 e. The molecule has 0 aromatic rings. The Bertz CT molecular complexity index is 888. The van der Waals surface area contributed by atoms with Gasteiger partial charge in [0.1, 0.15) is 13.2 Å².